The first-order chi connectivity index (χ1) is 11.0. The molecule has 5 nitrogen and oxygen atoms in total. The lowest BCUT2D eigenvalue weighted by molar-refractivity contribution is -0.122. The number of carbonyl (C=O) groups excluding carboxylic acids is 2. The Morgan fingerprint density at radius 3 is 2.74 bits per heavy atom. The van der Waals surface area contributed by atoms with E-state index in [0.29, 0.717) is 0 Å². The number of amides is 2. The molecular weight excluding hydrogens is 321 g/mol. The molecule has 2 aromatic rings. The Kier molecular flexibility index (Phi) is 5.65. The second kappa shape index (κ2) is 7.69. The van der Waals surface area contributed by atoms with Crippen molar-refractivity contribution >= 4 is 23.4 Å². The van der Waals surface area contributed by atoms with E-state index >= 15 is 0 Å². The minimum Gasteiger partial charge on any atom is -0.350 e. The largest absolute Gasteiger partial charge is 0.350 e. The van der Waals surface area contributed by atoms with E-state index < -0.39 is 23.7 Å². The van der Waals surface area contributed by atoms with Crippen LogP contribution in [0, 0.1) is 5.82 Å². The van der Waals surface area contributed by atoms with Crippen molar-refractivity contribution in [2.24, 2.45) is 0 Å². The number of carbonyl (C=O) groups is 2. The van der Waals surface area contributed by atoms with Crippen molar-refractivity contribution in [3.63, 3.8) is 0 Å². The molecule has 120 valence electrons. The lowest BCUT2D eigenvalue weighted by Crippen LogP contribution is -2.44. The molecule has 0 saturated heterocycles. The average molecular weight is 336 g/mol. The summed E-state index contributed by atoms with van der Waals surface area (Å²) in [4.78, 5) is 28.0. The van der Waals surface area contributed by atoms with Crippen LogP contribution in [0.2, 0.25) is 5.02 Å². The van der Waals surface area contributed by atoms with Crippen LogP contribution in [-0.4, -0.2) is 22.8 Å². The highest BCUT2D eigenvalue weighted by atomic mass is 35.5. The minimum atomic E-state index is -0.838. The molecule has 0 bridgehead atoms. The first kappa shape index (κ1) is 16.9. The highest BCUT2D eigenvalue weighted by molar-refractivity contribution is 6.33. The smallest absolute Gasteiger partial charge is 0.256 e. The second-order valence-electron chi connectivity index (χ2n) is 4.87. The van der Waals surface area contributed by atoms with Crippen molar-refractivity contribution in [2.75, 3.05) is 0 Å². The van der Waals surface area contributed by atoms with Gasteiger partial charge in [0.05, 0.1) is 10.6 Å². The number of nitrogens with one attached hydrogen (secondary N) is 2. The van der Waals surface area contributed by atoms with E-state index in [1.54, 1.807) is 18.5 Å². The van der Waals surface area contributed by atoms with E-state index in [0.717, 1.165) is 11.6 Å². The maximum atomic E-state index is 13.7. The van der Waals surface area contributed by atoms with Gasteiger partial charge in [-0.3, -0.25) is 14.6 Å². The number of nitrogens with zero attached hydrogens (tertiary/aromatic N) is 1. The standard InChI is InChI=1S/C16H15ClFN3O2/c1-10(15(22)20-9-11-4-3-7-19-8-11)21-16(23)14-12(17)5-2-6-13(14)18/h2-8,10H,9H2,1H3,(H,20,22)(H,21,23)/t10-/m1/s1. The first-order valence-corrected chi connectivity index (χ1v) is 7.28. The molecule has 0 unspecified atom stereocenters. The third-order valence-corrected chi connectivity index (χ3v) is 3.44. The van der Waals surface area contributed by atoms with Crippen LogP contribution >= 0.6 is 11.6 Å². The highest BCUT2D eigenvalue weighted by Gasteiger charge is 2.20. The Bertz CT molecular complexity index is 689. The number of hydrogen-bond donors (Lipinski definition) is 2. The van der Waals surface area contributed by atoms with E-state index in [4.69, 9.17) is 11.6 Å². The van der Waals surface area contributed by atoms with Gasteiger partial charge in [-0.15, -0.1) is 0 Å². The van der Waals surface area contributed by atoms with Gasteiger partial charge in [0.15, 0.2) is 0 Å². The third kappa shape index (κ3) is 4.50. The summed E-state index contributed by atoms with van der Waals surface area (Å²) in [5, 5.41) is 5.08. The number of pyridine rings is 1. The van der Waals surface area contributed by atoms with Crippen LogP contribution in [-0.2, 0) is 11.3 Å². The van der Waals surface area contributed by atoms with Crippen molar-refractivity contribution in [2.45, 2.75) is 19.5 Å². The van der Waals surface area contributed by atoms with Crippen molar-refractivity contribution in [3.05, 3.63) is 64.7 Å². The molecule has 2 rings (SSSR count). The summed E-state index contributed by atoms with van der Waals surface area (Å²) in [5.74, 6) is -1.87. The SMILES string of the molecule is C[C@@H](NC(=O)c1c(F)cccc1Cl)C(=O)NCc1cccnc1. The van der Waals surface area contributed by atoms with Gasteiger partial charge in [-0.2, -0.15) is 0 Å². The van der Waals surface area contributed by atoms with Crippen LogP contribution < -0.4 is 10.6 Å². The molecule has 1 heterocycles. The molecule has 1 aromatic heterocycles. The lowest BCUT2D eigenvalue weighted by atomic mass is 10.2. The zero-order valence-corrected chi connectivity index (χ0v) is 13.1. The molecule has 0 radical (unpaired) electrons. The maximum absolute atomic E-state index is 13.7. The van der Waals surface area contributed by atoms with E-state index in [1.165, 1.54) is 19.1 Å². The van der Waals surface area contributed by atoms with E-state index in [1.807, 2.05) is 6.07 Å². The van der Waals surface area contributed by atoms with Crippen molar-refractivity contribution in [1.29, 1.82) is 0 Å². The zero-order chi connectivity index (χ0) is 16.8. The molecule has 0 aliphatic heterocycles. The number of rotatable bonds is 5. The van der Waals surface area contributed by atoms with Gasteiger partial charge in [0.1, 0.15) is 11.9 Å². The van der Waals surface area contributed by atoms with Gasteiger partial charge in [-0.25, -0.2) is 4.39 Å². The highest BCUT2D eigenvalue weighted by Crippen LogP contribution is 2.18. The summed E-state index contributed by atoms with van der Waals surface area (Å²) in [6.45, 7) is 1.79. The van der Waals surface area contributed by atoms with Gasteiger partial charge in [0.2, 0.25) is 5.91 Å². The van der Waals surface area contributed by atoms with Crippen LogP contribution in [0.1, 0.15) is 22.8 Å². The Morgan fingerprint density at radius 1 is 1.30 bits per heavy atom. The molecule has 0 fully saturated rings. The van der Waals surface area contributed by atoms with Crippen LogP contribution in [0.4, 0.5) is 4.39 Å². The Labute approximate surface area is 137 Å². The molecule has 2 N–H and O–H groups in total. The van der Waals surface area contributed by atoms with E-state index in [-0.39, 0.29) is 17.1 Å². The van der Waals surface area contributed by atoms with Gasteiger partial charge in [0.25, 0.3) is 5.91 Å². The predicted molar refractivity (Wildman–Crippen MR) is 84.4 cm³/mol. The van der Waals surface area contributed by atoms with Crippen molar-refractivity contribution in [3.8, 4) is 0 Å². The molecule has 1 aromatic carbocycles. The average Bonchev–Trinajstić information content (AvgIpc) is 2.53. The summed E-state index contributed by atoms with van der Waals surface area (Å²) in [7, 11) is 0. The number of halogens is 2. The summed E-state index contributed by atoms with van der Waals surface area (Å²) >= 11 is 5.82. The molecule has 7 heteroatoms. The summed E-state index contributed by atoms with van der Waals surface area (Å²) in [6.07, 6.45) is 3.26. The summed E-state index contributed by atoms with van der Waals surface area (Å²) in [5.41, 5.74) is 0.553. The number of aromatic nitrogens is 1. The third-order valence-electron chi connectivity index (χ3n) is 3.12. The summed E-state index contributed by atoms with van der Waals surface area (Å²) < 4.78 is 13.7. The molecule has 0 saturated carbocycles. The Hall–Kier alpha value is -2.47. The topological polar surface area (TPSA) is 71.1 Å². The monoisotopic (exact) mass is 335 g/mol. The van der Waals surface area contributed by atoms with E-state index in [2.05, 4.69) is 15.6 Å². The van der Waals surface area contributed by atoms with Gasteiger partial charge in [0, 0.05) is 18.9 Å². The molecular formula is C16H15ClFN3O2. The van der Waals surface area contributed by atoms with Crippen molar-refractivity contribution < 1.29 is 14.0 Å². The van der Waals surface area contributed by atoms with Gasteiger partial charge < -0.3 is 10.6 Å². The molecule has 0 aliphatic carbocycles. The number of hydrogen-bond acceptors (Lipinski definition) is 3. The Balaban J connectivity index is 1.94. The molecule has 2 amide bonds. The quantitative estimate of drug-likeness (QED) is 0.880. The zero-order valence-electron chi connectivity index (χ0n) is 12.3. The van der Waals surface area contributed by atoms with E-state index in [9.17, 15) is 14.0 Å². The van der Waals surface area contributed by atoms with Gasteiger partial charge in [-0.1, -0.05) is 23.7 Å². The van der Waals surface area contributed by atoms with Crippen LogP contribution in [0.5, 0.6) is 0 Å². The minimum absolute atomic E-state index is 0.00883. The predicted octanol–water partition coefficient (Wildman–Crippen LogP) is 2.31. The van der Waals surface area contributed by atoms with Crippen LogP contribution in [0.25, 0.3) is 0 Å². The molecule has 1 atom stereocenters. The number of benzene rings is 1. The van der Waals surface area contributed by atoms with Gasteiger partial charge in [-0.05, 0) is 30.7 Å². The molecule has 0 spiro atoms. The maximum Gasteiger partial charge on any atom is 0.256 e. The second-order valence-corrected chi connectivity index (χ2v) is 5.28. The van der Waals surface area contributed by atoms with Crippen LogP contribution in [0.15, 0.2) is 42.7 Å². The van der Waals surface area contributed by atoms with Gasteiger partial charge >= 0.3 is 0 Å². The fourth-order valence-corrected chi connectivity index (χ4v) is 2.14. The summed E-state index contributed by atoms with van der Waals surface area (Å²) in [6, 6.07) is 6.68. The van der Waals surface area contributed by atoms with Crippen molar-refractivity contribution in [1.82, 2.24) is 15.6 Å². The fourth-order valence-electron chi connectivity index (χ4n) is 1.89. The van der Waals surface area contributed by atoms with Crippen LogP contribution in [0.3, 0.4) is 0 Å². The fraction of sp³-hybridized carbons (Fsp3) is 0.188. The normalized spacial score (nSPS) is 11.6. The molecule has 23 heavy (non-hydrogen) atoms. The molecule has 0 aliphatic rings. The Morgan fingerprint density at radius 2 is 2.09 bits per heavy atom. The lowest BCUT2D eigenvalue weighted by Gasteiger charge is -2.15. The first-order valence-electron chi connectivity index (χ1n) is 6.90.